The summed E-state index contributed by atoms with van der Waals surface area (Å²) in [5.74, 6) is 2.86. The highest BCUT2D eigenvalue weighted by Crippen LogP contribution is 2.34. The largest absolute Gasteiger partial charge is 0.454 e. The van der Waals surface area contributed by atoms with E-state index in [0.29, 0.717) is 41.9 Å². The maximum atomic E-state index is 12.4. The van der Waals surface area contributed by atoms with Crippen molar-refractivity contribution in [2.24, 2.45) is 0 Å². The fraction of sp³-hybridized carbons (Fsp3) is 0.261. The third kappa shape index (κ3) is 4.28. The van der Waals surface area contributed by atoms with Crippen LogP contribution >= 0.6 is 0 Å². The van der Waals surface area contributed by atoms with Crippen molar-refractivity contribution in [3.05, 3.63) is 54.2 Å². The summed E-state index contributed by atoms with van der Waals surface area (Å²) < 4.78 is 16.1. The van der Waals surface area contributed by atoms with Gasteiger partial charge in [0.15, 0.2) is 17.3 Å². The van der Waals surface area contributed by atoms with Gasteiger partial charge in [-0.3, -0.25) is 0 Å². The Morgan fingerprint density at radius 2 is 1.69 bits per heavy atom. The van der Waals surface area contributed by atoms with Gasteiger partial charge in [0.2, 0.25) is 6.79 Å². The van der Waals surface area contributed by atoms with E-state index in [4.69, 9.17) is 19.2 Å². The molecule has 0 radical (unpaired) electrons. The number of hydrogen-bond acceptors (Lipinski definition) is 7. The first-order valence-electron chi connectivity index (χ1n) is 10.4. The smallest absolute Gasteiger partial charge is 0.323 e. The van der Waals surface area contributed by atoms with E-state index in [0.717, 1.165) is 30.0 Å². The van der Waals surface area contributed by atoms with Gasteiger partial charge < -0.3 is 29.7 Å². The van der Waals surface area contributed by atoms with Gasteiger partial charge in [-0.25, -0.2) is 14.8 Å². The van der Waals surface area contributed by atoms with Gasteiger partial charge in [0.05, 0.1) is 13.2 Å². The van der Waals surface area contributed by atoms with E-state index >= 15 is 0 Å². The second-order valence-corrected chi connectivity index (χ2v) is 7.52. The number of carbonyl (C=O) groups is 1. The van der Waals surface area contributed by atoms with Gasteiger partial charge in [-0.15, -0.1) is 0 Å². The molecule has 0 atom stereocenters. The van der Waals surface area contributed by atoms with Crippen molar-refractivity contribution < 1.29 is 19.0 Å². The minimum Gasteiger partial charge on any atom is -0.454 e. The van der Waals surface area contributed by atoms with E-state index in [9.17, 15) is 4.79 Å². The zero-order chi connectivity index (χ0) is 21.9. The standard InChI is InChI=1S/C23H23N5O4/c1-15-13-24-21(27-22(15)28-8-10-30-11-9-28)16-2-4-17(5-3-16)25-23(29)26-18-6-7-19-20(12-18)32-14-31-19/h2-7,12-13H,8-11,14H2,1H3,(H2,25,26,29). The number of nitrogens with one attached hydrogen (secondary N) is 2. The monoisotopic (exact) mass is 433 g/mol. The van der Waals surface area contributed by atoms with Crippen LogP contribution in [0.5, 0.6) is 11.5 Å². The van der Waals surface area contributed by atoms with Crippen molar-refractivity contribution in [3.8, 4) is 22.9 Å². The predicted molar refractivity (Wildman–Crippen MR) is 120 cm³/mol. The average Bonchev–Trinajstić information content (AvgIpc) is 3.28. The number of aromatic nitrogens is 2. The number of morpholine rings is 1. The van der Waals surface area contributed by atoms with Crippen LogP contribution in [0.3, 0.4) is 0 Å². The number of aryl methyl sites for hydroxylation is 1. The number of anilines is 3. The summed E-state index contributed by atoms with van der Waals surface area (Å²) >= 11 is 0. The topological polar surface area (TPSA) is 97.8 Å². The molecule has 0 saturated carbocycles. The van der Waals surface area contributed by atoms with Crippen molar-refractivity contribution in [1.29, 1.82) is 0 Å². The van der Waals surface area contributed by atoms with E-state index in [2.05, 4.69) is 20.5 Å². The number of carbonyl (C=O) groups excluding carboxylic acids is 1. The molecule has 9 nitrogen and oxygen atoms in total. The lowest BCUT2D eigenvalue weighted by molar-refractivity contribution is 0.122. The van der Waals surface area contributed by atoms with Crippen LogP contribution in [0.15, 0.2) is 48.7 Å². The zero-order valence-corrected chi connectivity index (χ0v) is 17.6. The Bertz CT molecular complexity index is 1130. The molecule has 164 valence electrons. The Hall–Kier alpha value is -3.85. The highest BCUT2D eigenvalue weighted by molar-refractivity contribution is 6.00. The first kappa shape index (κ1) is 20.1. The maximum Gasteiger partial charge on any atom is 0.323 e. The SMILES string of the molecule is Cc1cnc(-c2ccc(NC(=O)Nc3ccc4c(c3)OCO4)cc2)nc1N1CCOCC1. The molecule has 1 fully saturated rings. The van der Waals surface area contributed by atoms with Crippen LogP contribution in [-0.4, -0.2) is 49.1 Å². The molecule has 0 unspecified atom stereocenters. The first-order valence-corrected chi connectivity index (χ1v) is 10.4. The predicted octanol–water partition coefficient (Wildman–Crippen LogP) is 3.66. The number of nitrogens with zero attached hydrogens (tertiary/aromatic N) is 3. The Labute approximate surface area is 185 Å². The molecule has 0 bridgehead atoms. The summed E-state index contributed by atoms with van der Waals surface area (Å²) in [7, 11) is 0. The summed E-state index contributed by atoms with van der Waals surface area (Å²) in [6, 6.07) is 12.3. The van der Waals surface area contributed by atoms with Gasteiger partial charge in [0.1, 0.15) is 5.82 Å². The summed E-state index contributed by atoms with van der Waals surface area (Å²) in [6.07, 6.45) is 1.85. The molecule has 2 amide bonds. The van der Waals surface area contributed by atoms with Crippen LogP contribution in [0.4, 0.5) is 22.0 Å². The molecule has 3 aromatic rings. The number of amides is 2. The molecular formula is C23H23N5O4. The quantitative estimate of drug-likeness (QED) is 0.648. The third-order valence-electron chi connectivity index (χ3n) is 5.29. The van der Waals surface area contributed by atoms with Crippen LogP contribution < -0.4 is 25.0 Å². The molecule has 2 aliphatic rings. The number of fused-ring (bicyclic) bond motifs is 1. The van der Waals surface area contributed by atoms with Crippen LogP contribution in [0.1, 0.15) is 5.56 Å². The Kier molecular flexibility index (Phi) is 5.47. The molecule has 2 aromatic carbocycles. The van der Waals surface area contributed by atoms with Gasteiger partial charge in [-0.05, 0) is 43.3 Å². The van der Waals surface area contributed by atoms with Crippen LogP contribution in [0, 0.1) is 6.92 Å². The fourth-order valence-corrected chi connectivity index (χ4v) is 3.64. The average molecular weight is 433 g/mol. The second-order valence-electron chi connectivity index (χ2n) is 7.52. The third-order valence-corrected chi connectivity index (χ3v) is 5.29. The van der Waals surface area contributed by atoms with Crippen molar-refractivity contribution in [3.63, 3.8) is 0 Å². The van der Waals surface area contributed by atoms with Crippen LogP contribution in [0.2, 0.25) is 0 Å². The molecule has 1 aromatic heterocycles. The Morgan fingerprint density at radius 3 is 2.50 bits per heavy atom. The highest BCUT2D eigenvalue weighted by atomic mass is 16.7. The summed E-state index contributed by atoms with van der Waals surface area (Å²) in [5.41, 5.74) is 3.19. The van der Waals surface area contributed by atoms with E-state index < -0.39 is 0 Å². The zero-order valence-electron chi connectivity index (χ0n) is 17.6. The molecule has 2 aliphatic heterocycles. The lowest BCUT2D eigenvalue weighted by Crippen LogP contribution is -2.37. The van der Waals surface area contributed by atoms with Gasteiger partial charge in [0.25, 0.3) is 0 Å². The van der Waals surface area contributed by atoms with Crippen molar-refractivity contribution in [2.75, 3.05) is 48.6 Å². The molecule has 0 spiro atoms. The van der Waals surface area contributed by atoms with Crippen LogP contribution in [0.25, 0.3) is 11.4 Å². The lowest BCUT2D eigenvalue weighted by atomic mass is 10.2. The molecule has 32 heavy (non-hydrogen) atoms. The van der Waals surface area contributed by atoms with E-state index in [1.165, 1.54) is 0 Å². The van der Waals surface area contributed by atoms with E-state index in [1.54, 1.807) is 18.2 Å². The van der Waals surface area contributed by atoms with Crippen molar-refractivity contribution in [2.45, 2.75) is 6.92 Å². The van der Waals surface area contributed by atoms with Gasteiger partial charge in [0, 0.05) is 47.9 Å². The van der Waals surface area contributed by atoms with E-state index in [1.807, 2.05) is 37.4 Å². The molecule has 9 heteroatoms. The first-order chi connectivity index (χ1) is 15.7. The van der Waals surface area contributed by atoms with Crippen molar-refractivity contribution >= 4 is 23.2 Å². The number of rotatable bonds is 4. The summed E-state index contributed by atoms with van der Waals surface area (Å²) in [6.45, 7) is 5.24. The second kappa shape index (κ2) is 8.72. The molecule has 1 saturated heterocycles. The molecular weight excluding hydrogens is 410 g/mol. The lowest BCUT2D eigenvalue weighted by Gasteiger charge is -2.29. The molecule has 2 N–H and O–H groups in total. The summed E-state index contributed by atoms with van der Waals surface area (Å²) in [4.78, 5) is 23.8. The van der Waals surface area contributed by atoms with Crippen LogP contribution in [-0.2, 0) is 4.74 Å². The minimum atomic E-state index is -0.349. The normalized spacial score (nSPS) is 14.8. The van der Waals surface area contributed by atoms with Gasteiger partial charge in [-0.1, -0.05) is 0 Å². The minimum absolute atomic E-state index is 0.190. The number of hydrogen-bond donors (Lipinski definition) is 2. The highest BCUT2D eigenvalue weighted by Gasteiger charge is 2.17. The van der Waals surface area contributed by atoms with Gasteiger partial charge in [-0.2, -0.15) is 0 Å². The van der Waals surface area contributed by atoms with E-state index in [-0.39, 0.29) is 12.8 Å². The summed E-state index contributed by atoms with van der Waals surface area (Å²) in [5, 5.41) is 5.61. The number of ether oxygens (including phenoxy) is 3. The van der Waals surface area contributed by atoms with Crippen molar-refractivity contribution in [1.82, 2.24) is 9.97 Å². The number of urea groups is 1. The molecule has 5 rings (SSSR count). The Balaban J connectivity index is 1.25. The fourth-order valence-electron chi connectivity index (χ4n) is 3.64. The number of benzene rings is 2. The molecule has 0 aliphatic carbocycles. The van der Waals surface area contributed by atoms with Gasteiger partial charge >= 0.3 is 6.03 Å². The Morgan fingerprint density at radius 1 is 0.969 bits per heavy atom. The molecule has 3 heterocycles. The maximum absolute atomic E-state index is 12.4.